The predicted molar refractivity (Wildman–Crippen MR) is 41.7 cm³/mol. The van der Waals surface area contributed by atoms with Gasteiger partial charge in [0.2, 0.25) is 0 Å². The van der Waals surface area contributed by atoms with E-state index in [2.05, 4.69) is 8.83 Å². The molecule has 0 aliphatic carbocycles. The summed E-state index contributed by atoms with van der Waals surface area (Å²) in [5.74, 6) is 0. The van der Waals surface area contributed by atoms with Gasteiger partial charge in [0.1, 0.15) is 0 Å². The van der Waals surface area contributed by atoms with Crippen LogP contribution in [0.15, 0.2) is 0 Å². The highest BCUT2D eigenvalue weighted by atomic mass is 31.3. The van der Waals surface area contributed by atoms with Crippen LogP contribution in [-0.4, -0.2) is 29.6 Å². The van der Waals surface area contributed by atoms with Crippen LogP contribution in [0.2, 0.25) is 0 Å². The number of hydrogen-bond acceptors (Lipinski definition) is 5. The van der Waals surface area contributed by atoms with E-state index in [1.54, 1.807) is 0 Å². The fourth-order valence-corrected chi connectivity index (χ4v) is 2.44. The number of hydrogen-bond donors (Lipinski definition) is 3. The van der Waals surface area contributed by atoms with Crippen molar-refractivity contribution in [2.75, 3.05) is 19.8 Å². The van der Waals surface area contributed by atoms with Gasteiger partial charge >= 0.3 is 15.4 Å². The highest BCUT2D eigenvalue weighted by Gasteiger charge is 2.29. The molecule has 4 N–H and O–H groups in total. The first-order valence-electron chi connectivity index (χ1n) is 2.96. The molecular weight excluding hydrogens is 208 g/mol. The van der Waals surface area contributed by atoms with Crippen molar-refractivity contribution >= 4 is 15.4 Å². The van der Waals surface area contributed by atoms with Crippen LogP contribution in [0.5, 0.6) is 0 Å². The molecule has 0 aromatic carbocycles. The van der Waals surface area contributed by atoms with Crippen LogP contribution in [0.3, 0.4) is 0 Å². The lowest BCUT2D eigenvalue weighted by Gasteiger charge is -2.12. The Hall–Kier alpha value is 0.260. The lowest BCUT2D eigenvalue weighted by atomic mass is 10.8. The smallest absolute Gasteiger partial charge is 0.328 e. The van der Waals surface area contributed by atoms with Crippen molar-refractivity contribution in [2.24, 2.45) is 5.73 Å². The maximum atomic E-state index is 10.7. The van der Waals surface area contributed by atoms with E-state index >= 15 is 0 Å². The Balaban J connectivity index is 4.05. The molecule has 0 saturated heterocycles. The Morgan fingerprint density at radius 3 is 2.25 bits per heavy atom. The van der Waals surface area contributed by atoms with Crippen molar-refractivity contribution in [3.05, 3.63) is 0 Å². The standard InChI is InChI=1S/C3H11NO6P2/c1-11(5,6)10-12(7,8)9-3-2-4/h2-4H2,1H3,(H,5,6)(H,7,8). The van der Waals surface area contributed by atoms with Crippen molar-refractivity contribution in [3.8, 4) is 0 Å². The van der Waals surface area contributed by atoms with Crippen molar-refractivity contribution in [3.63, 3.8) is 0 Å². The predicted octanol–water partition coefficient (Wildman–Crippen LogP) is -0.106. The highest BCUT2D eigenvalue weighted by molar-refractivity contribution is 7.63. The van der Waals surface area contributed by atoms with Crippen LogP contribution >= 0.6 is 15.4 Å². The molecule has 0 fully saturated rings. The fourth-order valence-electron chi connectivity index (χ4n) is 0.383. The summed E-state index contributed by atoms with van der Waals surface area (Å²) >= 11 is 0. The van der Waals surface area contributed by atoms with Gasteiger partial charge in [-0.2, -0.15) is 0 Å². The molecule has 0 rings (SSSR count). The van der Waals surface area contributed by atoms with Gasteiger partial charge in [0.25, 0.3) is 0 Å². The van der Waals surface area contributed by atoms with Crippen LogP contribution in [0.25, 0.3) is 0 Å². The van der Waals surface area contributed by atoms with E-state index in [1.807, 2.05) is 0 Å². The molecule has 2 unspecified atom stereocenters. The number of rotatable bonds is 5. The first-order valence-corrected chi connectivity index (χ1v) is 6.48. The second-order valence-electron chi connectivity index (χ2n) is 1.98. The molecule has 7 nitrogen and oxygen atoms in total. The Morgan fingerprint density at radius 1 is 1.42 bits per heavy atom. The second-order valence-corrected chi connectivity index (χ2v) is 5.43. The van der Waals surface area contributed by atoms with Gasteiger partial charge in [-0.1, -0.05) is 0 Å². The van der Waals surface area contributed by atoms with Crippen molar-refractivity contribution < 1.29 is 27.8 Å². The molecule has 0 aliphatic rings. The third kappa shape index (κ3) is 6.94. The van der Waals surface area contributed by atoms with Crippen molar-refractivity contribution in [1.29, 1.82) is 0 Å². The van der Waals surface area contributed by atoms with E-state index < -0.39 is 15.4 Å². The van der Waals surface area contributed by atoms with E-state index in [1.165, 1.54) is 0 Å². The zero-order chi connectivity index (χ0) is 9.83. The fraction of sp³-hybridized carbons (Fsp3) is 1.00. The minimum atomic E-state index is -4.42. The zero-order valence-electron chi connectivity index (χ0n) is 6.41. The summed E-state index contributed by atoms with van der Waals surface area (Å²) in [5, 5.41) is 0. The molecule has 0 aromatic rings. The molecule has 0 radical (unpaired) electrons. The van der Waals surface area contributed by atoms with Crippen LogP contribution in [0.1, 0.15) is 0 Å². The third-order valence-corrected chi connectivity index (χ3v) is 3.17. The molecule has 74 valence electrons. The number of nitrogens with two attached hydrogens (primary N) is 1. The molecule has 12 heavy (non-hydrogen) atoms. The van der Waals surface area contributed by atoms with E-state index in [4.69, 9.17) is 15.5 Å². The van der Waals surface area contributed by atoms with Gasteiger partial charge in [-0.05, 0) is 0 Å². The van der Waals surface area contributed by atoms with Gasteiger partial charge in [0, 0.05) is 13.2 Å². The Bertz CT molecular complexity index is 223. The Kier molecular flexibility index (Phi) is 4.58. The largest absolute Gasteiger partial charge is 0.479 e. The lowest BCUT2D eigenvalue weighted by Crippen LogP contribution is -2.07. The topological polar surface area (TPSA) is 119 Å². The van der Waals surface area contributed by atoms with Crippen LogP contribution < -0.4 is 5.73 Å². The van der Waals surface area contributed by atoms with Crippen LogP contribution in [0.4, 0.5) is 0 Å². The SMILES string of the molecule is CP(=O)(O)OP(=O)(O)OCCN. The number of phosphoric acid groups is 1. The summed E-state index contributed by atoms with van der Waals surface area (Å²) in [6, 6.07) is 0. The second kappa shape index (κ2) is 4.48. The maximum absolute atomic E-state index is 10.7. The van der Waals surface area contributed by atoms with Crippen molar-refractivity contribution in [2.45, 2.75) is 0 Å². The van der Waals surface area contributed by atoms with Gasteiger partial charge in [-0.25, -0.2) is 8.88 Å². The summed E-state index contributed by atoms with van der Waals surface area (Å²) in [6.07, 6.45) is 0. The highest BCUT2D eigenvalue weighted by Crippen LogP contribution is 2.57. The van der Waals surface area contributed by atoms with E-state index in [-0.39, 0.29) is 13.2 Å². The van der Waals surface area contributed by atoms with E-state index in [0.717, 1.165) is 6.66 Å². The van der Waals surface area contributed by atoms with Gasteiger partial charge < -0.3 is 15.5 Å². The summed E-state index contributed by atoms with van der Waals surface area (Å²) in [5.41, 5.74) is 4.96. The van der Waals surface area contributed by atoms with E-state index in [0.29, 0.717) is 0 Å². The molecule has 0 aromatic heterocycles. The summed E-state index contributed by atoms with van der Waals surface area (Å²) in [4.78, 5) is 17.2. The zero-order valence-corrected chi connectivity index (χ0v) is 8.20. The molecule has 2 atom stereocenters. The first-order chi connectivity index (χ1) is 5.27. The Labute approximate surface area is 69.6 Å². The quantitative estimate of drug-likeness (QED) is 0.552. The third-order valence-electron chi connectivity index (χ3n) is 0.627. The average Bonchev–Trinajstić information content (AvgIpc) is 1.78. The van der Waals surface area contributed by atoms with Gasteiger partial charge in [0.05, 0.1) is 6.61 Å². The number of phosphoric ester groups is 1. The molecule has 0 heterocycles. The van der Waals surface area contributed by atoms with Crippen molar-refractivity contribution in [1.82, 2.24) is 0 Å². The first kappa shape index (κ1) is 12.3. The van der Waals surface area contributed by atoms with Crippen LogP contribution in [-0.2, 0) is 18.0 Å². The summed E-state index contributed by atoms with van der Waals surface area (Å²) in [6.45, 7) is 0.586. The summed E-state index contributed by atoms with van der Waals surface area (Å²) < 4.78 is 29.3. The van der Waals surface area contributed by atoms with Crippen LogP contribution in [0, 0.1) is 0 Å². The molecule has 9 heteroatoms. The van der Waals surface area contributed by atoms with Gasteiger partial charge in [-0.15, -0.1) is 0 Å². The molecule has 0 bridgehead atoms. The minimum absolute atomic E-state index is 0.0212. The lowest BCUT2D eigenvalue weighted by molar-refractivity contribution is 0.201. The normalized spacial score (nSPS) is 21.3. The van der Waals surface area contributed by atoms with Gasteiger partial charge in [0.15, 0.2) is 0 Å². The molecule has 0 aliphatic heterocycles. The average molecular weight is 219 g/mol. The molecule has 0 spiro atoms. The molecular formula is C3H11NO6P2. The summed E-state index contributed by atoms with van der Waals surface area (Å²) in [7, 11) is -8.43. The molecule has 0 amide bonds. The van der Waals surface area contributed by atoms with E-state index in [9.17, 15) is 9.13 Å². The monoisotopic (exact) mass is 219 g/mol. The maximum Gasteiger partial charge on any atom is 0.479 e. The minimum Gasteiger partial charge on any atom is -0.328 e. The Morgan fingerprint density at radius 2 is 1.92 bits per heavy atom. The van der Waals surface area contributed by atoms with Gasteiger partial charge in [-0.3, -0.25) is 9.09 Å². The molecule has 0 saturated carbocycles.